The van der Waals surface area contributed by atoms with Crippen LogP contribution in [0.1, 0.15) is 31.1 Å². The van der Waals surface area contributed by atoms with Crippen molar-refractivity contribution < 1.29 is 0 Å². The standard InChI is InChI=1S/C14H23N3S2.HI/c1-3-15-14(16-10-13-5-4-8-19-13)17-11-6-7-12(9-11)18-2;/h4-5,8,11-12H,3,6-7,9-10H2,1-2H3,(H2,15,16,17);1H. The van der Waals surface area contributed by atoms with E-state index in [-0.39, 0.29) is 24.0 Å². The van der Waals surface area contributed by atoms with Crippen LogP contribution in [0.3, 0.4) is 0 Å². The second kappa shape index (κ2) is 9.89. The number of nitrogens with zero attached hydrogens (tertiary/aromatic N) is 1. The van der Waals surface area contributed by atoms with Crippen molar-refractivity contribution in [1.29, 1.82) is 0 Å². The summed E-state index contributed by atoms with van der Waals surface area (Å²) in [6.45, 7) is 3.79. The predicted octanol–water partition coefficient (Wildman–Crippen LogP) is 3.71. The highest BCUT2D eigenvalue weighted by atomic mass is 127. The number of thiophene rings is 1. The summed E-state index contributed by atoms with van der Waals surface area (Å²) in [7, 11) is 0. The highest BCUT2D eigenvalue weighted by molar-refractivity contribution is 14.0. The van der Waals surface area contributed by atoms with Gasteiger partial charge in [-0.1, -0.05) is 6.07 Å². The van der Waals surface area contributed by atoms with Crippen LogP contribution in [0.4, 0.5) is 0 Å². The van der Waals surface area contributed by atoms with Crippen molar-refractivity contribution in [2.45, 2.75) is 44.0 Å². The molecule has 0 aromatic carbocycles. The predicted molar refractivity (Wildman–Crippen MR) is 103 cm³/mol. The number of rotatable bonds is 5. The van der Waals surface area contributed by atoms with E-state index in [9.17, 15) is 0 Å². The molecule has 1 saturated carbocycles. The van der Waals surface area contributed by atoms with E-state index in [1.165, 1.54) is 24.1 Å². The minimum atomic E-state index is 0. The molecule has 20 heavy (non-hydrogen) atoms. The zero-order valence-corrected chi connectivity index (χ0v) is 16.1. The van der Waals surface area contributed by atoms with Crippen LogP contribution in [-0.4, -0.2) is 30.1 Å². The fraction of sp³-hybridized carbons (Fsp3) is 0.643. The molecule has 0 spiro atoms. The summed E-state index contributed by atoms with van der Waals surface area (Å²) in [5.74, 6) is 0.961. The highest BCUT2D eigenvalue weighted by Gasteiger charge is 2.24. The first kappa shape index (κ1) is 18.1. The van der Waals surface area contributed by atoms with Crippen LogP contribution in [0.25, 0.3) is 0 Å². The van der Waals surface area contributed by atoms with E-state index in [0.29, 0.717) is 6.04 Å². The Balaban J connectivity index is 0.00000200. The molecule has 3 nitrogen and oxygen atoms in total. The van der Waals surface area contributed by atoms with E-state index in [1.807, 2.05) is 11.8 Å². The first-order valence-electron chi connectivity index (χ1n) is 6.91. The third kappa shape index (κ3) is 5.81. The smallest absolute Gasteiger partial charge is 0.191 e. The molecule has 1 aromatic heterocycles. The van der Waals surface area contributed by atoms with Crippen LogP contribution in [0.15, 0.2) is 22.5 Å². The molecule has 1 fully saturated rings. The van der Waals surface area contributed by atoms with E-state index in [2.05, 4.69) is 46.3 Å². The second-order valence-corrected chi connectivity index (χ2v) is 6.96. The largest absolute Gasteiger partial charge is 0.357 e. The SMILES string of the molecule is CCNC(=NCc1cccs1)NC1CCC(SC)C1.I. The van der Waals surface area contributed by atoms with Crippen LogP contribution < -0.4 is 10.6 Å². The quantitative estimate of drug-likeness (QED) is 0.429. The van der Waals surface area contributed by atoms with Gasteiger partial charge in [-0.15, -0.1) is 35.3 Å². The minimum Gasteiger partial charge on any atom is -0.357 e. The normalized spacial score (nSPS) is 22.4. The molecule has 0 saturated heterocycles. The summed E-state index contributed by atoms with van der Waals surface area (Å²) in [5.41, 5.74) is 0. The molecule has 1 aliphatic rings. The highest BCUT2D eigenvalue weighted by Crippen LogP contribution is 2.28. The van der Waals surface area contributed by atoms with E-state index in [4.69, 9.17) is 0 Å². The molecule has 0 aliphatic heterocycles. The fourth-order valence-electron chi connectivity index (χ4n) is 2.36. The summed E-state index contributed by atoms with van der Waals surface area (Å²) in [5, 5.41) is 9.84. The number of hydrogen-bond acceptors (Lipinski definition) is 3. The first-order chi connectivity index (χ1) is 9.31. The summed E-state index contributed by atoms with van der Waals surface area (Å²) < 4.78 is 0. The van der Waals surface area contributed by atoms with Gasteiger partial charge in [-0.05, 0) is 43.9 Å². The van der Waals surface area contributed by atoms with Crippen molar-refractivity contribution in [3.05, 3.63) is 22.4 Å². The number of aliphatic imine (C=N–C) groups is 1. The Morgan fingerprint density at radius 3 is 2.95 bits per heavy atom. The maximum atomic E-state index is 4.67. The third-order valence-corrected chi connectivity index (χ3v) is 5.33. The van der Waals surface area contributed by atoms with Crippen molar-refractivity contribution >= 4 is 53.0 Å². The second-order valence-electron chi connectivity index (χ2n) is 4.79. The van der Waals surface area contributed by atoms with Gasteiger partial charge < -0.3 is 10.6 Å². The molecule has 0 bridgehead atoms. The lowest BCUT2D eigenvalue weighted by Crippen LogP contribution is -2.42. The third-order valence-electron chi connectivity index (χ3n) is 3.38. The van der Waals surface area contributed by atoms with Gasteiger partial charge in [0.15, 0.2) is 5.96 Å². The summed E-state index contributed by atoms with van der Waals surface area (Å²) in [6, 6.07) is 4.80. The lowest BCUT2D eigenvalue weighted by Gasteiger charge is -2.17. The number of nitrogens with one attached hydrogen (secondary N) is 2. The number of thioether (sulfide) groups is 1. The van der Waals surface area contributed by atoms with Crippen molar-refractivity contribution in [1.82, 2.24) is 10.6 Å². The van der Waals surface area contributed by atoms with Crippen LogP contribution >= 0.6 is 47.1 Å². The first-order valence-corrected chi connectivity index (χ1v) is 9.08. The molecule has 0 radical (unpaired) electrons. The molecule has 2 atom stereocenters. The Bertz CT molecular complexity index is 395. The number of halogens is 1. The fourth-order valence-corrected chi connectivity index (χ4v) is 3.78. The van der Waals surface area contributed by atoms with Crippen molar-refractivity contribution in [2.24, 2.45) is 4.99 Å². The summed E-state index contributed by atoms with van der Waals surface area (Å²) in [6.07, 6.45) is 6.05. The van der Waals surface area contributed by atoms with E-state index < -0.39 is 0 Å². The maximum absolute atomic E-state index is 4.67. The molecule has 2 rings (SSSR count). The van der Waals surface area contributed by atoms with E-state index >= 15 is 0 Å². The molecule has 2 unspecified atom stereocenters. The van der Waals surface area contributed by atoms with Gasteiger partial charge in [0, 0.05) is 22.7 Å². The van der Waals surface area contributed by atoms with Crippen LogP contribution in [0, 0.1) is 0 Å². The van der Waals surface area contributed by atoms with Crippen LogP contribution in [-0.2, 0) is 6.54 Å². The van der Waals surface area contributed by atoms with Gasteiger partial charge in [-0.3, -0.25) is 0 Å². The lowest BCUT2D eigenvalue weighted by molar-refractivity contribution is 0.615. The van der Waals surface area contributed by atoms with Gasteiger partial charge in [0.1, 0.15) is 0 Å². The Kier molecular flexibility index (Phi) is 8.95. The summed E-state index contributed by atoms with van der Waals surface area (Å²) >= 11 is 3.75. The van der Waals surface area contributed by atoms with E-state index in [1.54, 1.807) is 11.3 Å². The Morgan fingerprint density at radius 1 is 1.50 bits per heavy atom. The van der Waals surface area contributed by atoms with Crippen molar-refractivity contribution in [3.8, 4) is 0 Å². The van der Waals surface area contributed by atoms with E-state index in [0.717, 1.165) is 24.3 Å². The zero-order chi connectivity index (χ0) is 13.5. The van der Waals surface area contributed by atoms with Crippen molar-refractivity contribution in [3.63, 3.8) is 0 Å². The van der Waals surface area contributed by atoms with Crippen LogP contribution in [0.5, 0.6) is 0 Å². The molecule has 1 aliphatic carbocycles. The minimum absolute atomic E-state index is 0. The average molecular weight is 425 g/mol. The van der Waals surface area contributed by atoms with Crippen molar-refractivity contribution in [2.75, 3.05) is 12.8 Å². The van der Waals surface area contributed by atoms with Gasteiger partial charge in [0.05, 0.1) is 6.54 Å². The topological polar surface area (TPSA) is 36.4 Å². The molecule has 114 valence electrons. The Morgan fingerprint density at radius 2 is 2.35 bits per heavy atom. The van der Waals surface area contributed by atoms with Gasteiger partial charge in [-0.25, -0.2) is 4.99 Å². The van der Waals surface area contributed by atoms with Gasteiger partial charge in [-0.2, -0.15) is 11.8 Å². The monoisotopic (exact) mass is 425 g/mol. The summed E-state index contributed by atoms with van der Waals surface area (Å²) in [4.78, 5) is 5.98. The van der Waals surface area contributed by atoms with Crippen LogP contribution in [0.2, 0.25) is 0 Å². The lowest BCUT2D eigenvalue weighted by atomic mass is 10.2. The maximum Gasteiger partial charge on any atom is 0.191 e. The average Bonchev–Trinajstić information content (AvgIpc) is 3.07. The zero-order valence-electron chi connectivity index (χ0n) is 12.1. The molecule has 2 N–H and O–H groups in total. The number of guanidine groups is 1. The van der Waals surface area contributed by atoms with Gasteiger partial charge in [0.25, 0.3) is 0 Å². The molecule has 1 heterocycles. The molecule has 1 aromatic rings. The van der Waals surface area contributed by atoms with Gasteiger partial charge in [0.2, 0.25) is 0 Å². The molecular weight excluding hydrogens is 401 g/mol. The number of hydrogen-bond donors (Lipinski definition) is 2. The molecular formula is C14H24IN3S2. The Labute approximate surface area is 147 Å². The molecule has 0 amide bonds. The molecule has 6 heteroatoms. The Hall–Kier alpha value is 0.0500. The van der Waals surface area contributed by atoms with Gasteiger partial charge >= 0.3 is 0 Å².